The van der Waals surface area contributed by atoms with Crippen LogP contribution in [0.25, 0.3) is 0 Å². The number of rotatable bonds is 6. The average Bonchev–Trinajstić information content (AvgIpc) is 2.33. The summed E-state index contributed by atoms with van der Waals surface area (Å²) in [7, 11) is 1.27. The molecule has 0 aliphatic rings. The summed E-state index contributed by atoms with van der Waals surface area (Å²) in [6.07, 6.45) is -5.31. The van der Waals surface area contributed by atoms with Crippen LogP contribution < -0.4 is 14.6 Å². The van der Waals surface area contributed by atoms with E-state index in [2.05, 4.69) is 0 Å². The Labute approximate surface area is 107 Å². The second-order valence-electron chi connectivity index (χ2n) is 3.72. The third kappa shape index (κ3) is 5.07. The van der Waals surface area contributed by atoms with Crippen LogP contribution in [-0.2, 0) is 0 Å². The van der Waals surface area contributed by atoms with Crippen molar-refractivity contribution in [3.05, 3.63) is 23.8 Å². The Balaban J connectivity index is 2.58. The Morgan fingerprint density at radius 3 is 2.58 bits per heavy atom. The molecule has 1 rings (SSSR count). The highest BCUT2D eigenvalue weighted by Gasteiger charge is 2.26. The van der Waals surface area contributed by atoms with E-state index in [1.54, 1.807) is 0 Å². The fraction of sp³-hybridized carbons (Fsp3) is 0.417. The zero-order valence-electron chi connectivity index (χ0n) is 10.1. The van der Waals surface area contributed by atoms with Gasteiger partial charge in [0.1, 0.15) is 11.5 Å². The van der Waals surface area contributed by atoms with Crippen LogP contribution in [0.3, 0.4) is 0 Å². The summed E-state index contributed by atoms with van der Waals surface area (Å²) in [6, 6.07) is 3.84. The maximum Gasteiger partial charge on any atom is 0.389 e. The first-order chi connectivity index (χ1) is 8.83. The highest BCUT2D eigenvalue weighted by Crippen LogP contribution is 2.25. The molecule has 0 N–H and O–H groups in total. The van der Waals surface area contributed by atoms with Crippen molar-refractivity contribution >= 4 is 5.97 Å². The molecular weight excluding hydrogens is 265 g/mol. The van der Waals surface area contributed by atoms with Crippen molar-refractivity contribution in [3.63, 3.8) is 0 Å². The van der Waals surface area contributed by atoms with Gasteiger partial charge in [-0.3, -0.25) is 0 Å². The summed E-state index contributed by atoms with van der Waals surface area (Å²) >= 11 is 0. The number of halogens is 3. The Morgan fingerprint density at radius 2 is 2.05 bits per heavy atom. The molecule has 0 amide bonds. The van der Waals surface area contributed by atoms with Gasteiger partial charge in [-0.1, -0.05) is 0 Å². The highest BCUT2D eigenvalue weighted by atomic mass is 19.4. The lowest BCUT2D eigenvalue weighted by Crippen LogP contribution is -2.22. The van der Waals surface area contributed by atoms with Crippen molar-refractivity contribution in [2.45, 2.75) is 19.0 Å². The van der Waals surface area contributed by atoms with Crippen LogP contribution in [0.15, 0.2) is 18.2 Å². The molecule has 1 aromatic carbocycles. The quantitative estimate of drug-likeness (QED) is 0.744. The van der Waals surface area contributed by atoms with Crippen molar-refractivity contribution < 1.29 is 32.5 Å². The number of hydrogen-bond acceptors (Lipinski definition) is 4. The van der Waals surface area contributed by atoms with Gasteiger partial charge in [-0.2, -0.15) is 13.2 Å². The van der Waals surface area contributed by atoms with E-state index in [9.17, 15) is 23.1 Å². The molecule has 106 valence electrons. The predicted molar refractivity (Wildman–Crippen MR) is 58.1 cm³/mol. The number of hydrogen-bond donors (Lipinski definition) is 0. The van der Waals surface area contributed by atoms with Gasteiger partial charge in [-0.05, 0) is 18.6 Å². The van der Waals surface area contributed by atoms with Crippen LogP contribution >= 0.6 is 0 Å². The van der Waals surface area contributed by atoms with Gasteiger partial charge in [0.05, 0.1) is 19.7 Å². The third-order valence-electron chi connectivity index (χ3n) is 2.27. The first-order valence-electron chi connectivity index (χ1n) is 5.42. The number of carboxylic acids is 1. The van der Waals surface area contributed by atoms with E-state index in [1.165, 1.54) is 25.3 Å². The van der Waals surface area contributed by atoms with E-state index >= 15 is 0 Å². The monoisotopic (exact) mass is 277 g/mol. The number of benzene rings is 1. The van der Waals surface area contributed by atoms with Gasteiger partial charge in [0, 0.05) is 18.1 Å². The summed E-state index contributed by atoms with van der Waals surface area (Å²) < 4.78 is 45.6. The molecule has 0 atom stereocenters. The van der Waals surface area contributed by atoms with Crippen molar-refractivity contribution in [2.24, 2.45) is 0 Å². The molecule has 7 heteroatoms. The lowest BCUT2D eigenvalue weighted by atomic mass is 10.2. The third-order valence-corrected chi connectivity index (χ3v) is 2.27. The Morgan fingerprint density at radius 1 is 1.37 bits per heavy atom. The van der Waals surface area contributed by atoms with Crippen LogP contribution in [0.4, 0.5) is 13.2 Å². The predicted octanol–water partition coefficient (Wildman–Crippen LogP) is 1.78. The minimum atomic E-state index is -4.21. The topological polar surface area (TPSA) is 58.6 Å². The van der Waals surface area contributed by atoms with Crippen LogP contribution in [0.5, 0.6) is 11.5 Å². The molecule has 0 fully saturated rings. The van der Waals surface area contributed by atoms with Crippen molar-refractivity contribution in [1.29, 1.82) is 0 Å². The summed E-state index contributed by atoms with van der Waals surface area (Å²) in [5, 5.41) is 10.7. The van der Waals surface area contributed by atoms with Gasteiger partial charge in [-0.25, -0.2) is 0 Å². The fourth-order valence-electron chi connectivity index (χ4n) is 1.39. The fourth-order valence-corrected chi connectivity index (χ4v) is 1.39. The average molecular weight is 277 g/mol. The van der Waals surface area contributed by atoms with Gasteiger partial charge in [-0.15, -0.1) is 0 Å². The Hall–Kier alpha value is -1.92. The summed E-state index contributed by atoms with van der Waals surface area (Å²) in [5.74, 6) is -1.13. The van der Waals surface area contributed by atoms with E-state index in [-0.39, 0.29) is 30.1 Å². The Bertz CT molecular complexity index is 443. The first kappa shape index (κ1) is 15.1. The zero-order chi connectivity index (χ0) is 14.5. The number of carbonyl (C=O) groups excluding carboxylic acids is 1. The molecule has 0 saturated carbocycles. The number of alkyl halides is 3. The second kappa shape index (κ2) is 6.31. The maximum atomic E-state index is 11.9. The number of aromatic carboxylic acids is 1. The lowest BCUT2D eigenvalue weighted by Gasteiger charge is -2.12. The van der Waals surface area contributed by atoms with Crippen LogP contribution in [-0.4, -0.2) is 25.9 Å². The number of methoxy groups -OCH3 is 1. The molecule has 0 unspecified atom stereocenters. The molecule has 0 saturated heterocycles. The van der Waals surface area contributed by atoms with Crippen LogP contribution in [0.2, 0.25) is 0 Å². The molecule has 0 aliphatic carbocycles. The summed E-state index contributed by atoms with van der Waals surface area (Å²) in [6.45, 7) is -0.118. The number of ether oxygens (including phenoxy) is 2. The van der Waals surface area contributed by atoms with E-state index in [0.717, 1.165) is 0 Å². The minimum Gasteiger partial charge on any atom is -0.545 e. The largest absolute Gasteiger partial charge is 0.545 e. The molecule has 0 bridgehead atoms. The first-order valence-corrected chi connectivity index (χ1v) is 5.42. The van der Waals surface area contributed by atoms with Crippen LogP contribution in [0.1, 0.15) is 23.2 Å². The highest BCUT2D eigenvalue weighted by molar-refractivity contribution is 5.89. The van der Waals surface area contributed by atoms with E-state index < -0.39 is 18.6 Å². The molecule has 0 aliphatic heterocycles. The van der Waals surface area contributed by atoms with Gasteiger partial charge >= 0.3 is 6.18 Å². The van der Waals surface area contributed by atoms with Gasteiger partial charge in [0.2, 0.25) is 0 Å². The summed E-state index contributed by atoms with van der Waals surface area (Å²) in [5.41, 5.74) is -0.148. The molecule has 1 aromatic rings. The molecular formula is C12H12F3O4-. The van der Waals surface area contributed by atoms with E-state index in [4.69, 9.17) is 9.47 Å². The minimum absolute atomic E-state index is 0.0355. The van der Waals surface area contributed by atoms with Gasteiger partial charge < -0.3 is 19.4 Å². The van der Waals surface area contributed by atoms with E-state index in [0.29, 0.717) is 0 Å². The smallest absolute Gasteiger partial charge is 0.389 e. The normalized spacial score (nSPS) is 11.2. The molecule has 0 heterocycles. The molecule has 0 radical (unpaired) electrons. The van der Waals surface area contributed by atoms with Crippen molar-refractivity contribution in [1.82, 2.24) is 0 Å². The lowest BCUT2D eigenvalue weighted by molar-refractivity contribution is -0.255. The number of carbonyl (C=O) groups is 1. The van der Waals surface area contributed by atoms with E-state index in [1.807, 2.05) is 0 Å². The second-order valence-corrected chi connectivity index (χ2v) is 3.72. The molecule has 4 nitrogen and oxygen atoms in total. The molecule has 0 spiro atoms. The van der Waals surface area contributed by atoms with Gasteiger partial charge in [0.25, 0.3) is 0 Å². The standard InChI is InChI=1S/C12H13F3O4/c1-18-10-7-8(3-4-9(10)11(16)17)19-6-2-5-12(13,14)15/h3-4,7H,2,5-6H2,1H3,(H,16,17)/p-1. The van der Waals surface area contributed by atoms with Crippen LogP contribution in [0, 0.1) is 0 Å². The van der Waals surface area contributed by atoms with Gasteiger partial charge in [0.15, 0.2) is 0 Å². The van der Waals surface area contributed by atoms with Crippen molar-refractivity contribution in [2.75, 3.05) is 13.7 Å². The number of carboxylic acid groups (broad SMARTS) is 1. The zero-order valence-corrected chi connectivity index (χ0v) is 10.1. The maximum absolute atomic E-state index is 11.9. The van der Waals surface area contributed by atoms with Crippen molar-refractivity contribution in [3.8, 4) is 11.5 Å². The SMILES string of the molecule is COc1cc(OCCCC(F)(F)F)ccc1C(=O)[O-]. The molecule has 0 aromatic heterocycles. The summed E-state index contributed by atoms with van der Waals surface area (Å²) in [4.78, 5) is 10.7. The Kier molecular flexibility index (Phi) is 5.02. The molecule has 19 heavy (non-hydrogen) atoms.